The van der Waals surface area contributed by atoms with E-state index >= 15 is 0 Å². The van der Waals surface area contributed by atoms with Crippen LogP contribution >= 0.6 is 23.1 Å². The van der Waals surface area contributed by atoms with Crippen LogP contribution in [0.25, 0.3) is 22.5 Å². The van der Waals surface area contributed by atoms with Crippen molar-refractivity contribution < 1.29 is 18.7 Å². The van der Waals surface area contributed by atoms with Crippen molar-refractivity contribution in [1.82, 2.24) is 14.8 Å². The number of hydrogen-bond acceptors (Lipinski definition) is 7. The molecule has 0 spiro atoms. The normalized spacial score (nSPS) is 10.8. The molecule has 2 aromatic heterocycles. The molecule has 2 heterocycles. The van der Waals surface area contributed by atoms with E-state index in [-0.39, 0.29) is 24.1 Å². The summed E-state index contributed by atoms with van der Waals surface area (Å²) in [6, 6.07) is 15.4. The van der Waals surface area contributed by atoms with Crippen LogP contribution in [-0.4, -0.2) is 39.0 Å². The minimum atomic E-state index is -0.484. The van der Waals surface area contributed by atoms with Crippen LogP contribution < -0.4 is 5.32 Å². The molecule has 0 saturated heterocycles. The van der Waals surface area contributed by atoms with E-state index in [0.717, 1.165) is 11.1 Å². The average Bonchev–Trinajstić information content (AvgIpc) is 3.42. The second kappa shape index (κ2) is 10.6. The predicted octanol–water partition coefficient (Wildman–Crippen LogP) is 5.26. The number of esters is 1. The maximum atomic E-state index is 13.2. The Kier molecular flexibility index (Phi) is 7.39. The van der Waals surface area contributed by atoms with Crippen molar-refractivity contribution in [1.29, 1.82) is 0 Å². The van der Waals surface area contributed by atoms with Gasteiger partial charge in [-0.3, -0.25) is 4.79 Å². The highest BCUT2D eigenvalue weighted by Gasteiger charge is 2.23. The lowest BCUT2D eigenvalue weighted by atomic mass is 10.0. The van der Waals surface area contributed by atoms with Gasteiger partial charge in [-0.2, -0.15) is 0 Å². The van der Waals surface area contributed by atoms with Crippen molar-refractivity contribution in [2.75, 3.05) is 17.7 Å². The van der Waals surface area contributed by atoms with E-state index in [1.807, 2.05) is 35.7 Å². The summed E-state index contributed by atoms with van der Waals surface area (Å²) in [6.07, 6.45) is 0. The summed E-state index contributed by atoms with van der Waals surface area (Å²) in [5.74, 6) is -0.469. The number of thioether (sulfide) groups is 1. The number of rotatable bonds is 8. The Balaban J connectivity index is 1.48. The predicted molar refractivity (Wildman–Crippen MR) is 131 cm³/mol. The third kappa shape index (κ3) is 5.18. The Morgan fingerprint density at radius 3 is 2.53 bits per heavy atom. The van der Waals surface area contributed by atoms with E-state index in [1.54, 1.807) is 30.7 Å². The van der Waals surface area contributed by atoms with Crippen LogP contribution in [-0.2, 0) is 16.6 Å². The average molecular weight is 497 g/mol. The van der Waals surface area contributed by atoms with Crippen LogP contribution in [0.15, 0.2) is 65.1 Å². The highest BCUT2D eigenvalue weighted by Crippen LogP contribution is 2.36. The molecule has 7 nitrogen and oxygen atoms in total. The Hall–Kier alpha value is -3.50. The summed E-state index contributed by atoms with van der Waals surface area (Å²) in [5, 5.41) is 13.9. The molecule has 1 N–H and O–H groups in total. The summed E-state index contributed by atoms with van der Waals surface area (Å²) < 4.78 is 20.2. The first-order valence-electron chi connectivity index (χ1n) is 10.4. The first kappa shape index (κ1) is 23.7. The minimum absolute atomic E-state index is 0.0657. The number of carbonyl (C=O) groups excluding carboxylic acids is 2. The fourth-order valence-corrected chi connectivity index (χ4v) is 4.95. The molecule has 0 aliphatic carbocycles. The monoisotopic (exact) mass is 496 g/mol. The third-order valence-electron chi connectivity index (χ3n) is 4.88. The van der Waals surface area contributed by atoms with E-state index in [4.69, 9.17) is 4.74 Å². The molecule has 174 valence electrons. The molecule has 0 unspecified atom stereocenters. The SMILES string of the molecule is CCOC(=O)c1c(-c2ccccc2)csc1NC(=O)CSc1nnc(-c2ccc(F)cc2)n1C. The Morgan fingerprint density at radius 1 is 1.09 bits per heavy atom. The van der Waals surface area contributed by atoms with Crippen LogP contribution in [0.2, 0.25) is 0 Å². The highest BCUT2D eigenvalue weighted by molar-refractivity contribution is 7.99. The Labute approximate surface area is 204 Å². The van der Waals surface area contributed by atoms with Crippen LogP contribution in [0.4, 0.5) is 9.39 Å². The standard InChI is InChI=1S/C24H21FN4O3S2/c1-3-32-23(31)20-18(15-7-5-4-6-8-15)13-33-22(20)26-19(30)14-34-24-28-27-21(29(24)2)16-9-11-17(25)12-10-16/h4-13H,3,14H2,1-2H3,(H,26,30). The quantitative estimate of drug-likeness (QED) is 0.265. The third-order valence-corrected chi connectivity index (χ3v) is 6.79. The number of carbonyl (C=O) groups is 2. The topological polar surface area (TPSA) is 86.1 Å². The molecular formula is C24H21FN4O3S2. The van der Waals surface area contributed by atoms with Crippen molar-refractivity contribution >= 4 is 40.0 Å². The molecule has 1 amide bonds. The zero-order chi connectivity index (χ0) is 24.1. The highest BCUT2D eigenvalue weighted by atomic mass is 32.2. The van der Waals surface area contributed by atoms with Crippen molar-refractivity contribution in [3.63, 3.8) is 0 Å². The summed E-state index contributed by atoms with van der Waals surface area (Å²) in [7, 11) is 1.78. The lowest BCUT2D eigenvalue weighted by Gasteiger charge is -2.09. The van der Waals surface area contributed by atoms with E-state index in [0.29, 0.717) is 27.1 Å². The van der Waals surface area contributed by atoms with Gasteiger partial charge in [0.2, 0.25) is 5.91 Å². The fourth-order valence-electron chi connectivity index (χ4n) is 3.27. The van der Waals surface area contributed by atoms with Gasteiger partial charge >= 0.3 is 5.97 Å². The molecule has 0 atom stereocenters. The number of amides is 1. The molecule has 0 aliphatic rings. The van der Waals surface area contributed by atoms with Gasteiger partial charge in [-0.05, 0) is 36.8 Å². The number of halogens is 1. The second-order valence-electron chi connectivity index (χ2n) is 7.15. The molecule has 10 heteroatoms. The number of nitrogens with one attached hydrogen (secondary N) is 1. The molecule has 4 aromatic rings. The largest absolute Gasteiger partial charge is 0.462 e. The lowest BCUT2D eigenvalue weighted by Crippen LogP contribution is -2.16. The van der Waals surface area contributed by atoms with E-state index in [9.17, 15) is 14.0 Å². The molecule has 0 fully saturated rings. The van der Waals surface area contributed by atoms with Gasteiger partial charge in [0, 0.05) is 23.6 Å². The molecular weight excluding hydrogens is 475 g/mol. The number of benzene rings is 2. The summed E-state index contributed by atoms with van der Waals surface area (Å²) >= 11 is 2.49. The van der Waals surface area contributed by atoms with Gasteiger partial charge in [-0.25, -0.2) is 9.18 Å². The molecule has 0 saturated carbocycles. The van der Waals surface area contributed by atoms with Crippen LogP contribution in [0.1, 0.15) is 17.3 Å². The number of aromatic nitrogens is 3. The van der Waals surface area contributed by atoms with Crippen molar-refractivity contribution in [2.45, 2.75) is 12.1 Å². The van der Waals surface area contributed by atoms with Gasteiger partial charge in [-0.15, -0.1) is 21.5 Å². The van der Waals surface area contributed by atoms with Crippen LogP contribution in [0, 0.1) is 5.82 Å². The lowest BCUT2D eigenvalue weighted by molar-refractivity contribution is -0.113. The van der Waals surface area contributed by atoms with Gasteiger partial charge in [0.25, 0.3) is 0 Å². The number of ether oxygens (including phenoxy) is 1. The van der Waals surface area contributed by atoms with Crippen LogP contribution in [0.3, 0.4) is 0 Å². The van der Waals surface area contributed by atoms with Gasteiger partial charge in [0.1, 0.15) is 16.4 Å². The number of thiophene rings is 1. The summed E-state index contributed by atoms with van der Waals surface area (Å²) in [5.41, 5.74) is 2.64. The number of anilines is 1. The summed E-state index contributed by atoms with van der Waals surface area (Å²) in [4.78, 5) is 25.4. The maximum Gasteiger partial charge on any atom is 0.341 e. The van der Waals surface area contributed by atoms with Crippen LogP contribution in [0.5, 0.6) is 0 Å². The number of nitrogens with zero attached hydrogens (tertiary/aromatic N) is 3. The maximum absolute atomic E-state index is 13.2. The minimum Gasteiger partial charge on any atom is -0.462 e. The summed E-state index contributed by atoms with van der Waals surface area (Å²) in [6.45, 7) is 1.97. The second-order valence-corrected chi connectivity index (χ2v) is 8.97. The molecule has 0 radical (unpaired) electrons. The first-order chi connectivity index (χ1) is 16.5. The van der Waals surface area contributed by atoms with Crippen molar-refractivity contribution in [3.8, 4) is 22.5 Å². The van der Waals surface area contributed by atoms with Crippen molar-refractivity contribution in [3.05, 3.63) is 71.4 Å². The zero-order valence-corrected chi connectivity index (χ0v) is 20.1. The van der Waals surface area contributed by atoms with Gasteiger partial charge in [0.05, 0.1) is 12.4 Å². The molecule has 34 heavy (non-hydrogen) atoms. The Bertz CT molecular complexity index is 1300. The van der Waals surface area contributed by atoms with E-state index in [2.05, 4.69) is 15.5 Å². The number of hydrogen-bond donors (Lipinski definition) is 1. The van der Waals surface area contributed by atoms with E-state index in [1.165, 1.54) is 35.2 Å². The zero-order valence-electron chi connectivity index (χ0n) is 18.4. The van der Waals surface area contributed by atoms with Gasteiger partial charge < -0.3 is 14.6 Å². The molecule has 4 rings (SSSR count). The Morgan fingerprint density at radius 2 is 1.82 bits per heavy atom. The van der Waals surface area contributed by atoms with Gasteiger partial charge in [-0.1, -0.05) is 42.1 Å². The van der Waals surface area contributed by atoms with Gasteiger partial charge in [0.15, 0.2) is 11.0 Å². The molecule has 0 bridgehead atoms. The van der Waals surface area contributed by atoms with Crippen molar-refractivity contribution in [2.24, 2.45) is 7.05 Å². The first-order valence-corrected chi connectivity index (χ1v) is 12.3. The molecule has 2 aromatic carbocycles. The fraction of sp³-hybridized carbons (Fsp3) is 0.167. The smallest absolute Gasteiger partial charge is 0.341 e. The molecule has 0 aliphatic heterocycles. The van der Waals surface area contributed by atoms with E-state index < -0.39 is 5.97 Å².